The zero-order valence-electron chi connectivity index (χ0n) is 13.2. The molecule has 0 fully saturated rings. The Morgan fingerprint density at radius 2 is 1.69 bits per heavy atom. The van der Waals surface area contributed by atoms with Crippen LogP contribution in [0.1, 0.15) is 15.9 Å². The number of amides is 1. The summed E-state index contributed by atoms with van der Waals surface area (Å²) in [5, 5.41) is 5.09. The van der Waals surface area contributed by atoms with Gasteiger partial charge in [0, 0.05) is 10.9 Å². The van der Waals surface area contributed by atoms with Crippen LogP contribution >= 0.6 is 11.3 Å². The van der Waals surface area contributed by atoms with Gasteiger partial charge in [-0.2, -0.15) is 13.2 Å². The van der Waals surface area contributed by atoms with Crippen molar-refractivity contribution < 1.29 is 18.0 Å². The monoisotopic (exact) mass is 372 g/mol. The molecular weight excluding hydrogens is 361 g/mol. The van der Waals surface area contributed by atoms with Gasteiger partial charge in [-0.25, -0.2) is 4.98 Å². The first-order valence-corrected chi connectivity index (χ1v) is 8.50. The minimum absolute atomic E-state index is 0.141. The standard InChI is InChI=1S/C19H11F3N2OS/c20-19(21,22)13-8-5-12(6-9-13)17(25)24-18-23-16-14-4-2-1-3-11(14)7-10-15(16)26-18/h1-10H,(H,23,24,25). The molecule has 0 atom stereocenters. The lowest BCUT2D eigenvalue weighted by Crippen LogP contribution is -2.12. The minimum atomic E-state index is -4.43. The molecule has 0 saturated heterocycles. The van der Waals surface area contributed by atoms with Crippen molar-refractivity contribution in [2.45, 2.75) is 6.18 Å². The predicted molar refractivity (Wildman–Crippen MR) is 96.5 cm³/mol. The van der Waals surface area contributed by atoms with E-state index in [9.17, 15) is 18.0 Å². The maximum absolute atomic E-state index is 12.6. The SMILES string of the molecule is O=C(Nc1nc2c(ccc3ccccc32)s1)c1ccc(C(F)(F)F)cc1. The van der Waals surface area contributed by atoms with E-state index in [0.717, 1.165) is 45.3 Å². The molecule has 0 spiro atoms. The number of nitrogens with zero attached hydrogens (tertiary/aromatic N) is 1. The van der Waals surface area contributed by atoms with Crippen molar-refractivity contribution in [1.29, 1.82) is 0 Å². The zero-order chi connectivity index (χ0) is 18.3. The summed E-state index contributed by atoms with van der Waals surface area (Å²) in [6.07, 6.45) is -4.43. The summed E-state index contributed by atoms with van der Waals surface area (Å²) in [6, 6.07) is 15.8. The van der Waals surface area contributed by atoms with Crippen LogP contribution in [-0.2, 0) is 6.18 Å². The Bertz CT molecular complexity index is 1120. The van der Waals surface area contributed by atoms with Gasteiger partial charge in [-0.15, -0.1) is 0 Å². The topological polar surface area (TPSA) is 42.0 Å². The molecule has 1 N–H and O–H groups in total. The van der Waals surface area contributed by atoms with Crippen molar-refractivity contribution >= 4 is 43.4 Å². The Balaban J connectivity index is 1.62. The van der Waals surface area contributed by atoms with Gasteiger partial charge in [0.25, 0.3) is 5.91 Å². The molecule has 0 aliphatic rings. The fourth-order valence-electron chi connectivity index (χ4n) is 2.69. The van der Waals surface area contributed by atoms with Gasteiger partial charge in [0.1, 0.15) is 0 Å². The highest BCUT2D eigenvalue weighted by Gasteiger charge is 2.30. The lowest BCUT2D eigenvalue weighted by Gasteiger charge is -2.07. The van der Waals surface area contributed by atoms with Gasteiger partial charge >= 0.3 is 6.18 Å². The van der Waals surface area contributed by atoms with Gasteiger partial charge in [0.2, 0.25) is 0 Å². The van der Waals surface area contributed by atoms with Crippen molar-refractivity contribution in [2.24, 2.45) is 0 Å². The van der Waals surface area contributed by atoms with Crippen LogP contribution in [-0.4, -0.2) is 10.9 Å². The molecule has 130 valence electrons. The third kappa shape index (κ3) is 3.01. The summed E-state index contributed by atoms with van der Waals surface area (Å²) < 4.78 is 38.7. The number of hydrogen-bond acceptors (Lipinski definition) is 3. The van der Waals surface area contributed by atoms with Gasteiger partial charge in [0.15, 0.2) is 5.13 Å². The smallest absolute Gasteiger partial charge is 0.298 e. The number of carbonyl (C=O) groups is 1. The summed E-state index contributed by atoms with van der Waals surface area (Å²) in [4.78, 5) is 16.8. The second kappa shape index (κ2) is 6.10. The van der Waals surface area contributed by atoms with Crippen molar-refractivity contribution in [2.75, 3.05) is 5.32 Å². The average molecular weight is 372 g/mol. The van der Waals surface area contributed by atoms with E-state index < -0.39 is 17.6 Å². The second-order valence-corrected chi connectivity index (χ2v) is 6.71. The van der Waals surface area contributed by atoms with Crippen LogP contribution in [0.3, 0.4) is 0 Å². The first kappa shape index (κ1) is 16.5. The van der Waals surface area contributed by atoms with Crippen LogP contribution in [0.15, 0.2) is 60.7 Å². The fourth-order valence-corrected chi connectivity index (χ4v) is 3.57. The third-order valence-electron chi connectivity index (χ3n) is 3.98. The van der Waals surface area contributed by atoms with Crippen molar-refractivity contribution in [3.8, 4) is 0 Å². The molecule has 3 nitrogen and oxygen atoms in total. The van der Waals surface area contributed by atoms with Gasteiger partial charge < -0.3 is 0 Å². The van der Waals surface area contributed by atoms with Crippen LogP contribution in [0.2, 0.25) is 0 Å². The molecule has 0 aliphatic carbocycles. The third-order valence-corrected chi connectivity index (χ3v) is 4.91. The first-order valence-electron chi connectivity index (χ1n) is 7.69. The average Bonchev–Trinajstić information content (AvgIpc) is 3.04. The van der Waals surface area contributed by atoms with E-state index in [1.807, 2.05) is 36.4 Å². The Morgan fingerprint density at radius 3 is 2.42 bits per heavy atom. The molecule has 4 aromatic rings. The van der Waals surface area contributed by atoms with Crippen LogP contribution in [0.25, 0.3) is 21.0 Å². The molecule has 4 rings (SSSR count). The van der Waals surface area contributed by atoms with Gasteiger partial charge in [-0.1, -0.05) is 41.7 Å². The van der Waals surface area contributed by atoms with Crippen LogP contribution in [0.5, 0.6) is 0 Å². The molecular formula is C19H11F3N2OS. The van der Waals surface area contributed by atoms with Gasteiger partial charge in [0.05, 0.1) is 15.8 Å². The maximum atomic E-state index is 12.6. The lowest BCUT2D eigenvalue weighted by atomic mass is 10.1. The molecule has 0 bridgehead atoms. The molecule has 7 heteroatoms. The second-order valence-electron chi connectivity index (χ2n) is 5.68. The number of thiazole rings is 1. The quantitative estimate of drug-likeness (QED) is 0.489. The highest BCUT2D eigenvalue weighted by atomic mass is 32.1. The number of fused-ring (bicyclic) bond motifs is 3. The summed E-state index contributed by atoms with van der Waals surface area (Å²) in [5.74, 6) is -0.498. The van der Waals surface area contributed by atoms with E-state index >= 15 is 0 Å². The van der Waals surface area contributed by atoms with E-state index in [1.165, 1.54) is 11.3 Å². The summed E-state index contributed by atoms with van der Waals surface area (Å²) in [6.45, 7) is 0. The Hall–Kier alpha value is -2.93. The number of aromatic nitrogens is 1. The number of nitrogens with one attached hydrogen (secondary N) is 1. The van der Waals surface area contributed by atoms with E-state index in [2.05, 4.69) is 10.3 Å². The Kier molecular flexibility index (Phi) is 3.88. The normalized spacial score (nSPS) is 11.8. The largest absolute Gasteiger partial charge is 0.416 e. The molecule has 1 amide bonds. The van der Waals surface area contributed by atoms with Gasteiger partial charge in [-0.3, -0.25) is 10.1 Å². The first-order chi connectivity index (χ1) is 12.4. The molecule has 0 unspecified atom stereocenters. The highest BCUT2D eigenvalue weighted by molar-refractivity contribution is 7.22. The summed E-state index contributed by atoms with van der Waals surface area (Å²) in [7, 11) is 0. The number of alkyl halides is 3. The zero-order valence-corrected chi connectivity index (χ0v) is 14.0. The van der Waals surface area contributed by atoms with E-state index in [4.69, 9.17) is 0 Å². The highest BCUT2D eigenvalue weighted by Crippen LogP contribution is 2.32. The molecule has 0 radical (unpaired) electrons. The van der Waals surface area contributed by atoms with Crippen LogP contribution in [0.4, 0.5) is 18.3 Å². The lowest BCUT2D eigenvalue weighted by molar-refractivity contribution is -0.137. The fraction of sp³-hybridized carbons (Fsp3) is 0.0526. The molecule has 1 aromatic heterocycles. The van der Waals surface area contributed by atoms with Crippen LogP contribution in [0, 0.1) is 0 Å². The van der Waals surface area contributed by atoms with Crippen molar-refractivity contribution in [3.05, 3.63) is 71.8 Å². The molecule has 0 saturated carbocycles. The molecule has 3 aromatic carbocycles. The van der Waals surface area contributed by atoms with E-state index in [0.29, 0.717) is 5.13 Å². The summed E-state index contributed by atoms with van der Waals surface area (Å²) in [5.41, 5.74) is 0.137. The number of hydrogen-bond donors (Lipinski definition) is 1. The number of halogens is 3. The summed E-state index contributed by atoms with van der Waals surface area (Å²) >= 11 is 1.32. The number of anilines is 1. The van der Waals surface area contributed by atoms with Crippen molar-refractivity contribution in [3.63, 3.8) is 0 Å². The van der Waals surface area contributed by atoms with E-state index in [-0.39, 0.29) is 5.56 Å². The molecule has 26 heavy (non-hydrogen) atoms. The minimum Gasteiger partial charge on any atom is -0.298 e. The molecule has 1 heterocycles. The number of benzene rings is 3. The predicted octanol–water partition coefficient (Wildman–Crippen LogP) is 5.72. The van der Waals surface area contributed by atoms with Crippen LogP contribution < -0.4 is 5.32 Å². The Labute approximate surface area is 150 Å². The molecule has 0 aliphatic heterocycles. The Morgan fingerprint density at radius 1 is 0.962 bits per heavy atom. The number of rotatable bonds is 2. The maximum Gasteiger partial charge on any atom is 0.416 e. The number of carbonyl (C=O) groups excluding carboxylic acids is 1. The van der Waals surface area contributed by atoms with Gasteiger partial charge in [-0.05, 0) is 35.7 Å². The van der Waals surface area contributed by atoms with Crippen molar-refractivity contribution in [1.82, 2.24) is 4.98 Å². The van der Waals surface area contributed by atoms with E-state index in [1.54, 1.807) is 0 Å².